The van der Waals surface area contributed by atoms with Gasteiger partial charge in [0, 0.05) is 6.07 Å². The summed E-state index contributed by atoms with van der Waals surface area (Å²) in [5.74, 6) is -2.92. The predicted octanol–water partition coefficient (Wildman–Crippen LogP) is 0.597. The van der Waals surface area contributed by atoms with Crippen LogP contribution in [0.15, 0.2) is 42.6 Å². The quantitative estimate of drug-likeness (QED) is 0.495. The Kier molecular flexibility index (Phi) is 4.42. The molecule has 1 aromatic heterocycles. The van der Waals surface area contributed by atoms with Crippen LogP contribution in [0.2, 0.25) is 0 Å². The lowest BCUT2D eigenvalue weighted by Crippen LogP contribution is -2.74. The Labute approximate surface area is 169 Å². The van der Waals surface area contributed by atoms with Crippen molar-refractivity contribution in [1.82, 2.24) is 20.9 Å². The number of carbonyl (C=O) groups excluding carboxylic acids is 5. The van der Waals surface area contributed by atoms with Crippen LogP contribution in [0.25, 0.3) is 0 Å². The van der Waals surface area contributed by atoms with Crippen LogP contribution >= 0.6 is 0 Å². The highest BCUT2D eigenvalue weighted by molar-refractivity contribution is 6.43. The Morgan fingerprint density at radius 3 is 2.10 bits per heavy atom. The summed E-state index contributed by atoms with van der Waals surface area (Å²) >= 11 is 0. The Morgan fingerprint density at radius 2 is 1.53 bits per heavy atom. The average Bonchev–Trinajstić information content (AvgIpc) is 2.98. The van der Waals surface area contributed by atoms with E-state index in [4.69, 9.17) is 4.74 Å². The van der Waals surface area contributed by atoms with Gasteiger partial charge in [-0.2, -0.15) is 0 Å². The first-order valence-corrected chi connectivity index (χ1v) is 8.91. The third-order valence-corrected chi connectivity index (χ3v) is 4.73. The molecular weight excluding hydrogens is 394 g/mol. The molecule has 2 fully saturated rings. The predicted molar refractivity (Wildman–Crippen MR) is 101 cm³/mol. The number of barbiturate groups is 1. The van der Waals surface area contributed by atoms with Crippen LogP contribution in [0.3, 0.4) is 0 Å². The summed E-state index contributed by atoms with van der Waals surface area (Å²) in [6.45, 7) is 2.03. The first-order chi connectivity index (χ1) is 14.4. The van der Waals surface area contributed by atoms with Gasteiger partial charge in [0.1, 0.15) is 5.75 Å². The summed E-state index contributed by atoms with van der Waals surface area (Å²) in [6.07, 6.45) is 2.06. The number of aromatic nitrogens is 1. The smallest absolute Gasteiger partial charge is 0.330 e. The molecule has 152 valence electrons. The molecule has 2 saturated heterocycles. The van der Waals surface area contributed by atoms with E-state index in [1.807, 2.05) is 35.0 Å². The Bertz CT molecular complexity index is 1060. The molecular formula is C19H15N5O6. The molecule has 30 heavy (non-hydrogen) atoms. The number of carbonyl (C=O) groups is 5. The van der Waals surface area contributed by atoms with Crippen LogP contribution in [-0.4, -0.2) is 40.3 Å². The van der Waals surface area contributed by atoms with Crippen molar-refractivity contribution in [2.24, 2.45) is 0 Å². The number of aryl methyl sites for hydroxylation is 1. The van der Waals surface area contributed by atoms with E-state index < -0.39 is 35.3 Å². The standard InChI is InChI=1S/C19H15N5O6/c1-2-10-3-6-12(7-4-10)30-13-8-5-11(9-20-13)24-18(29)23-16(27)19(24)14(25)21-17(28)22-15(19)26/h3-9H,2H2,1H3,(H,23,27,29)(H2,21,22,25,26,28). The molecule has 2 aliphatic heterocycles. The van der Waals surface area contributed by atoms with Crippen molar-refractivity contribution >= 4 is 35.5 Å². The van der Waals surface area contributed by atoms with Crippen LogP contribution in [-0.2, 0) is 20.8 Å². The average molecular weight is 409 g/mol. The number of hydrogen-bond acceptors (Lipinski definition) is 7. The molecule has 11 nitrogen and oxygen atoms in total. The molecule has 4 rings (SSSR count). The molecule has 0 unspecified atom stereocenters. The molecule has 0 radical (unpaired) electrons. The lowest BCUT2D eigenvalue weighted by atomic mass is 9.93. The van der Waals surface area contributed by atoms with Gasteiger partial charge in [0.15, 0.2) is 0 Å². The fourth-order valence-electron chi connectivity index (χ4n) is 3.22. The second kappa shape index (κ2) is 6.95. The van der Waals surface area contributed by atoms with Gasteiger partial charge in [0.25, 0.3) is 23.3 Å². The summed E-state index contributed by atoms with van der Waals surface area (Å²) in [7, 11) is 0. The third-order valence-electron chi connectivity index (χ3n) is 4.73. The Morgan fingerprint density at radius 1 is 0.900 bits per heavy atom. The van der Waals surface area contributed by atoms with E-state index in [0.29, 0.717) is 10.6 Å². The SMILES string of the molecule is CCc1ccc(Oc2ccc(N3C(=O)NC(=O)C34C(=O)NC(=O)NC4=O)cn2)cc1. The van der Waals surface area contributed by atoms with Crippen LogP contribution < -0.4 is 25.6 Å². The number of pyridine rings is 1. The third kappa shape index (κ3) is 2.83. The fourth-order valence-corrected chi connectivity index (χ4v) is 3.22. The Balaban J connectivity index is 1.64. The molecule has 7 amide bonds. The molecule has 1 spiro atoms. The summed E-state index contributed by atoms with van der Waals surface area (Å²) in [5, 5.41) is 5.60. The van der Waals surface area contributed by atoms with E-state index >= 15 is 0 Å². The maximum Gasteiger partial charge on any atom is 0.330 e. The number of ether oxygens (including phenoxy) is 1. The maximum atomic E-state index is 12.4. The number of hydrogen-bond donors (Lipinski definition) is 3. The number of nitrogens with zero attached hydrogens (tertiary/aromatic N) is 2. The number of urea groups is 2. The maximum absolute atomic E-state index is 12.4. The van der Waals surface area contributed by atoms with Gasteiger partial charge in [-0.3, -0.25) is 35.2 Å². The van der Waals surface area contributed by atoms with E-state index in [0.717, 1.165) is 12.0 Å². The number of nitrogens with one attached hydrogen (secondary N) is 3. The lowest BCUT2D eigenvalue weighted by molar-refractivity contribution is -0.143. The Hall–Kier alpha value is -4.28. The van der Waals surface area contributed by atoms with Crippen molar-refractivity contribution < 1.29 is 28.7 Å². The molecule has 0 bridgehead atoms. The highest BCUT2D eigenvalue weighted by Gasteiger charge is 2.67. The van der Waals surface area contributed by atoms with Gasteiger partial charge in [0.05, 0.1) is 11.9 Å². The van der Waals surface area contributed by atoms with Gasteiger partial charge < -0.3 is 4.74 Å². The summed E-state index contributed by atoms with van der Waals surface area (Å²) in [4.78, 5) is 65.7. The van der Waals surface area contributed by atoms with E-state index in [9.17, 15) is 24.0 Å². The van der Waals surface area contributed by atoms with E-state index in [1.165, 1.54) is 18.3 Å². The molecule has 0 atom stereocenters. The number of benzene rings is 1. The second-order valence-electron chi connectivity index (χ2n) is 6.50. The highest BCUT2D eigenvalue weighted by atomic mass is 16.5. The van der Waals surface area contributed by atoms with E-state index in [-0.39, 0.29) is 11.6 Å². The minimum absolute atomic E-state index is 0.0216. The number of imide groups is 3. The van der Waals surface area contributed by atoms with Crippen molar-refractivity contribution in [1.29, 1.82) is 0 Å². The van der Waals surface area contributed by atoms with Crippen molar-refractivity contribution in [2.75, 3.05) is 4.90 Å². The molecule has 2 aromatic rings. The van der Waals surface area contributed by atoms with Crippen molar-refractivity contribution in [3.8, 4) is 11.6 Å². The molecule has 2 aliphatic rings. The summed E-state index contributed by atoms with van der Waals surface area (Å²) in [5.41, 5.74) is -1.47. The van der Waals surface area contributed by atoms with Gasteiger partial charge in [-0.05, 0) is 30.2 Å². The number of anilines is 1. The van der Waals surface area contributed by atoms with E-state index in [1.54, 1.807) is 12.1 Å². The fraction of sp³-hybridized carbons (Fsp3) is 0.158. The van der Waals surface area contributed by atoms with Crippen molar-refractivity contribution in [3.05, 3.63) is 48.2 Å². The van der Waals surface area contributed by atoms with Crippen LogP contribution in [0, 0.1) is 0 Å². The van der Waals surface area contributed by atoms with Gasteiger partial charge >= 0.3 is 12.1 Å². The lowest BCUT2D eigenvalue weighted by Gasteiger charge is -2.34. The zero-order chi connectivity index (χ0) is 21.5. The monoisotopic (exact) mass is 409 g/mol. The number of amides is 7. The summed E-state index contributed by atoms with van der Waals surface area (Å²) < 4.78 is 5.64. The molecule has 3 N–H and O–H groups in total. The molecule has 11 heteroatoms. The van der Waals surface area contributed by atoms with Crippen LogP contribution in [0.4, 0.5) is 15.3 Å². The highest BCUT2D eigenvalue weighted by Crippen LogP contribution is 2.32. The van der Waals surface area contributed by atoms with Crippen LogP contribution in [0.1, 0.15) is 12.5 Å². The first-order valence-electron chi connectivity index (χ1n) is 8.91. The largest absolute Gasteiger partial charge is 0.439 e. The molecule has 0 saturated carbocycles. The van der Waals surface area contributed by atoms with Crippen LogP contribution in [0.5, 0.6) is 11.6 Å². The minimum Gasteiger partial charge on any atom is -0.439 e. The normalized spacial score (nSPS) is 17.6. The molecule has 0 aliphatic carbocycles. The first kappa shape index (κ1) is 19.1. The zero-order valence-electron chi connectivity index (χ0n) is 15.6. The van der Waals surface area contributed by atoms with E-state index in [2.05, 4.69) is 4.98 Å². The van der Waals surface area contributed by atoms with Crippen molar-refractivity contribution in [2.45, 2.75) is 18.9 Å². The van der Waals surface area contributed by atoms with Crippen molar-refractivity contribution in [3.63, 3.8) is 0 Å². The molecule has 1 aromatic carbocycles. The van der Waals surface area contributed by atoms with Gasteiger partial charge in [-0.15, -0.1) is 0 Å². The van der Waals surface area contributed by atoms with Gasteiger partial charge in [-0.1, -0.05) is 19.1 Å². The summed E-state index contributed by atoms with van der Waals surface area (Å²) in [6, 6.07) is 8.07. The molecule has 3 heterocycles. The minimum atomic E-state index is -2.59. The van der Waals surface area contributed by atoms with Gasteiger partial charge in [0.2, 0.25) is 5.88 Å². The van der Waals surface area contributed by atoms with Gasteiger partial charge in [-0.25, -0.2) is 14.6 Å². The zero-order valence-corrected chi connectivity index (χ0v) is 15.6. The topological polar surface area (TPSA) is 147 Å². The number of rotatable bonds is 4. The second-order valence-corrected chi connectivity index (χ2v) is 6.50.